The highest BCUT2D eigenvalue weighted by atomic mass is 79.9. The molecular weight excluding hydrogens is 344 g/mol. The number of nitrogens with one attached hydrogen (secondary N) is 1. The molecule has 0 aliphatic heterocycles. The number of hydrogen-bond acceptors (Lipinski definition) is 3. The Labute approximate surface area is 140 Å². The maximum absolute atomic E-state index is 6.07. The molecule has 0 saturated carbocycles. The molecule has 0 aliphatic rings. The third-order valence-corrected chi connectivity index (χ3v) is 4.10. The van der Waals surface area contributed by atoms with E-state index in [1.165, 1.54) is 0 Å². The van der Waals surface area contributed by atoms with Crippen LogP contribution >= 0.6 is 15.9 Å². The molecule has 0 radical (unpaired) electrons. The molecule has 0 amide bonds. The van der Waals surface area contributed by atoms with Crippen molar-refractivity contribution in [2.75, 3.05) is 7.11 Å². The number of hydrogen-bond donors (Lipinski definition) is 1. The summed E-state index contributed by atoms with van der Waals surface area (Å²) in [5, 5.41) is 0. The van der Waals surface area contributed by atoms with Gasteiger partial charge in [-0.3, -0.25) is 0 Å². The van der Waals surface area contributed by atoms with Gasteiger partial charge in [0.25, 0.3) is 0 Å². The minimum atomic E-state index is -0.104. The van der Waals surface area contributed by atoms with E-state index in [0.717, 1.165) is 46.3 Å². The normalized spacial score (nSPS) is 13.5. The standard InChI is InChI=1S/C17H25BrN2O2/c1-6-11(22-17(2,3)4)7-8-16-19-13-9-12(18)15(21-5)10-14(13)20-16/h9-11H,6-8H2,1-5H3,(H,19,20). The fourth-order valence-electron chi connectivity index (χ4n) is 2.48. The van der Waals surface area contributed by atoms with Gasteiger partial charge in [-0.15, -0.1) is 0 Å². The van der Waals surface area contributed by atoms with Crippen LogP contribution in [0.5, 0.6) is 5.75 Å². The molecule has 0 fully saturated rings. The first-order valence-corrected chi connectivity index (χ1v) is 8.51. The van der Waals surface area contributed by atoms with Gasteiger partial charge in [0.2, 0.25) is 0 Å². The van der Waals surface area contributed by atoms with Crippen molar-refractivity contribution in [1.29, 1.82) is 0 Å². The second-order valence-corrected chi connectivity index (χ2v) is 7.34. The van der Waals surface area contributed by atoms with Crippen molar-refractivity contribution in [2.24, 2.45) is 0 Å². The summed E-state index contributed by atoms with van der Waals surface area (Å²) in [5.74, 6) is 1.79. The summed E-state index contributed by atoms with van der Waals surface area (Å²) >= 11 is 3.50. The Kier molecular flexibility index (Phi) is 5.50. The lowest BCUT2D eigenvalue weighted by molar-refractivity contribution is -0.0640. The topological polar surface area (TPSA) is 47.1 Å². The Hall–Kier alpha value is -1.07. The number of H-pyrrole nitrogens is 1. The van der Waals surface area contributed by atoms with Gasteiger partial charge < -0.3 is 14.5 Å². The van der Waals surface area contributed by atoms with Crippen LogP contribution < -0.4 is 4.74 Å². The van der Waals surface area contributed by atoms with E-state index < -0.39 is 0 Å². The maximum Gasteiger partial charge on any atom is 0.135 e. The van der Waals surface area contributed by atoms with Crippen molar-refractivity contribution in [2.45, 2.75) is 58.7 Å². The molecule has 1 aromatic heterocycles. The predicted octanol–water partition coefficient (Wildman–Crippen LogP) is 4.86. The van der Waals surface area contributed by atoms with Gasteiger partial charge in [0.15, 0.2) is 0 Å². The average molecular weight is 369 g/mol. The summed E-state index contributed by atoms with van der Waals surface area (Å²) in [6, 6.07) is 3.95. The smallest absolute Gasteiger partial charge is 0.135 e. The number of rotatable bonds is 6. The fourth-order valence-corrected chi connectivity index (χ4v) is 2.99. The molecule has 1 heterocycles. The summed E-state index contributed by atoms with van der Waals surface area (Å²) in [4.78, 5) is 8.03. The van der Waals surface area contributed by atoms with Gasteiger partial charge in [0.1, 0.15) is 11.6 Å². The number of ether oxygens (including phenoxy) is 2. The van der Waals surface area contributed by atoms with Gasteiger partial charge in [-0.05, 0) is 55.6 Å². The number of aromatic nitrogens is 2. The van der Waals surface area contributed by atoms with E-state index in [1.807, 2.05) is 12.1 Å². The Morgan fingerprint density at radius 2 is 2.05 bits per heavy atom. The SMILES string of the molecule is CCC(CCc1nc2cc(OC)c(Br)cc2[nH]1)OC(C)(C)C. The number of aromatic amines is 1. The van der Waals surface area contributed by atoms with Crippen LogP contribution in [0.2, 0.25) is 0 Å². The van der Waals surface area contributed by atoms with Crippen LogP contribution in [0, 0.1) is 0 Å². The Morgan fingerprint density at radius 3 is 2.64 bits per heavy atom. The van der Waals surface area contributed by atoms with Crippen LogP contribution in [-0.4, -0.2) is 28.8 Å². The third kappa shape index (κ3) is 4.46. The summed E-state index contributed by atoms with van der Waals surface area (Å²) in [6.07, 6.45) is 3.11. The molecule has 1 atom stereocenters. The highest BCUT2D eigenvalue weighted by Crippen LogP contribution is 2.29. The van der Waals surface area contributed by atoms with Crippen LogP contribution in [0.15, 0.2) is 16.6 Å². The Balaban J connectivity index is 2.08. The summed E-state index contributed by atoms with van der Waals surface area (Å²) in [7, 11) is 1.66. The maximum atomic E-state index is 6.07. The second kappa shape index (κ2) is 7.01. The van der Waals surface area contributed by atoms with E-state index in [-0.39, 0.29) is 11.7 Å². The number of fused-ring (bicyclic) bond motifs is 1. The van der Waals surface area contributed by atoms with Crippen LogP contribution in [0.3, 0.4) is 0 Å². The monoisotopic (exact) mass is 368 g/mol. The third-order valence-electron chi connectivity index (χ3n) is 3.48. The highest BCUT2D eigenvalue weighted by Gasteiger charge is 2.18. The van der Waals surface area contributed by atoms with Crippen LogP contribution in [-0.2, 0) is 11.2 Å². The average Bonchev–Trinajstić information content (AvgIpc) is 2.82. The molecule has 4 nitrogen and oxygen atoms in total. The molecule has 22 heavy (non-hydrogen) atoms. The lowest BCUT2D eigenvalue weighted by Gasteiger charge is -2.26. The van der Waals surface area contributed by atoms with E-state index in [4.69, 9.17) is 9.47 Å². The van der Waals surface area contributed by atoms with Crippen LogP contribution in [0.1, 0.15) is 46.4 Å². The molecule has 0 saturated heterocycles. The largest absolute Gasteiger partial charge is 0.495 e. The van der Waals surface area contributed by atoms with Crippen molar-refractivity contribution < 1.29 is 9.47 Å². The van der Waals surface area contributed by atoms with Crippen molar-refractivity contribution in [3.05, 3.63) is 22.4 Å². The van der Waals surface area contributed by atoms with E-state index in [2.05, 4.69) is 53.6 Å². The van der Waals surface area contributed by atoms with Crippen molar-refractivity contribution in [1.82, 2.24) is 9.97 Å². The molecule has 0 aliphatic carbocycles. The van der Waals surface area contributed by atoms with Gasteiger partial charge in [0.05, 0.1) is 34.3 Å². The number of nitrogens with zero attached hydrogens (tertiary/aromatic N) is 1. The Bertz CT molecular complexity index is 631. The van der Waals surface area contributed by atoms with Gasteiger partial charge in [-0.2, -0.15) is 0 Å². The first kappa shape index (κ1) is 17.3. The molecule has 2 aromatic rings. The van der Waals surface area contributed by atoms with E-state index in [9.17, 15) is 0 Å². The second-order valence-electron chi connectivity index (χ2n) is 6.49. The van der Waals surface area contributed by atoms with Crippen molar-refractivity contribution in [3.8, 4) is 5.75 Å². The molecule has 0 spiro atoms. The zero-order valence-electron chi connectivity index (χ0n) is 14.0. The highest BCUT2D eigenvalue weighted by molar-refractivity contribution is 9.10. The fraction of sp³-hybridized carbons (Fsp3) is 0.588. The number of imidazole rings is 1. The molecular formula is C17H25BrN2O2. The van der Waals surface area contributed by atoms with Gasteiger partial charge in [0, 0.05) is 12.5 Å². The number of methoxy groups -OCH3 is 1. The number of benzene rings is 1. The van der Waals surface area contributed by atoms with Crippen molar-refractivity contribution >= 4 is 27.0 Å². The minimum Gasteiger partial charge on any atom is -0.495 e. The lowest BCUT2D eigenvalue weighted by atomic mass is 10.1. The molecule has 1 aromatic carbocycles. The summed E-state index contributed by atoms with van der Waals surface area (Å²) in [5.41, 5.74) is 1.85. The first-order chi connectivity index (χ1) is 10.3. The van der Waals surface area contributed by atoms with E-state index in [0.29, 0.717) is 0 Å². The molecule has 5 heteroatoms. The summed E-state index contributed by atoms with van der Waals surface area (Å²) < 4.78 is 12.3. The van der Waals surface area contributed by atoms with Crippen molar-refractivity contribution in [3.63, 3.8) is 0 Å². The zero-order valence-corrected chi connectivity index (χ0v) is 15.6. The van der Waals surface area contributed by atoms with Gasteiger partial charge in [-0.25, -0.2) is 4.98 Å². The molecule has 1 unspecified atom stereocenters. The van der Waals surface area contributed by atoms with E-state index >= 15 is 0 Å². The minimum absolute atomic E-state index is 0.104. The summed E-state index contributed by atoms with van der Waals surface area (Å²) in [6.45, 7) is 8.46. The quantitative estimate of drug-likeness (QED) is 0.791. The van der Waals surface area contributed by atoms with E-state index in [1.54, 1.807) is 7.11 Å². The van der Waals surface area contributed by atoms with Gasteiger partial charge >= 0.3 is 0 Å². The van der Waals surface area contributed by atoms with Gasteiger partial charge in [-0.1, -0.05) is 6.92 Å². The zero-order chi connectivity index (χ0) is 16.3. The number of halogens is 1. The Morgan fingerprint density at radius 1 is 1.32 bits per heavy atom. The lowest BCUT2D eigenvalue weighted by Crippen LogP contribution is -2.27. The molecule has 122 valence electrons. The molecule has 1 N–H and O–H groups in total. The molecule has 0 bridgehead atoms. The number of aryl methyl sites for hydroxylation is 1. The predicted molar refractivity (Wildman–Crippen MR) is 93.6 cm³/mol. The van der Waals surface area contributed by atoms with Crippen LogP contribution in [0.4, 0.5) is 0 Å². The first-order valence-electron chi connectivity index (χ1n) is 7.72. The molecule has 2 rings (SSSR count). The van der Waals surface area contributed by atoms with Crippen LogP contribution in [0.25, 0.3) is 11.0 Å².